The molecule has 0 spiro atoms. The van der Waals surface area contributed by atoms with E-state index in [4.69, 9.17) is 0 Å². The summed E-state index contributed by atoms with van der Waals surface area (Å²) in [6.07, 6.45) is 2.31. The van der Waals surface area contributed by atoms with E-state index in [0.717, 1.165) is 29.7 Å². The molecule has 9 heteroatoms. The fourth-order valence-electron chi connectivity index (χ4n) is 1.49. The fourth-order valence-corrected chi connectivity index (χ4v) is 3.16. The molecule has 0 amide bonds. The van der Waals surface area contributed by atoms with Crippen LogP contribution < -0.4 is 4.72 Å². The van der Waals surface area contributed by atoms with Gasteiger partial charge in [0.1, 0.15) is 0 Å². The van der Waals surface area contributed by atoms with Gasteiger partial charge in [-0.3, -0.25) is 4.72 Å². The van der Waals surface area contributed by atoms with Gasteiger partial charge < -0.3 is 0 Å². The van der Waals surface area contributed by atoms with Crippen LogP contribution in [0.5, 0.6) is 0 Å². The summed E-state index contributed by atoms with van der Waals surface area (Å²) in [6.45, 7) is 0. The summed E-state index contributed by atoms with van der Waals surface area (Å²) in [5.74, 6) is -4.03. The lowest BCUT2D eigenvalue weighted by atomic mass is 10.1. The van der Waals surface area contributed by atoms with Crippen molar-refractivity contribution in [3.63, 3.8) is 0 Å². The van der Waals surface area contributed by atoms with Gasteiger partial charge in [-0.05, 0) is 11.6 Å². The van der Waals surface area contributed by atoms with E-state index in [2.05, 4.69) is 9.71 Å². The molecule has 4 nitrogen and oxygen atoms in total. The maximum atomic E-state index is 13.5. The molecule has 1 aromatic heterocycles. The second-order valence-electron chi connectivity index (χ2n) is 4.02. The first kappa shape index (κ1) is 14.8. The summed E-state index contributed by atoms with van der Waals surface area (Å²) in [4.78, 5) is 4.32. The zero-order valence-corrected chi connectivity index (χ0v) is 11.8. The summed E-state index contributed by atoms with van der Waals surface area (Å²) >= 11 is 0.989. The van der Waals surface area contributed by atoms with Crippen LogP contribution in [-0.4, -0.2) is 19.7 Å². The maximum absolute atomic E-state index is 13.5. The summed E-state index contributed by atoms with van der Waals surface area (Å²) in [7, 11) is -3.44. The lowest BCUT2D eigenvalue weighted by Crippen LogP contribution is -2.08. The first-order valence-corrected chi connectivity index (χ1v) is 8.02. The Bertz CT molecular complexity index is 744. The second kappa shape index (κ2) is 5.41. The molecule has 1 heterocycles. The molecule has 0 aliphatic heterocycles. The largest absolute Gasteiger partial charge is 0.259 e. The lowest BCUT2D eigenvalue weighted by molar-refractivity contribution is 0.442. The Hall–Kier alpha value is -1.61. The SMILES string of the molecule is CS(=O)(=O)Nc1ncc(Cc2ccc(F)c(F)c2F)s1. The van der Waals surface area contributed by atoms with Crippen LogP contribution in [0.15, 0.2) is 18.3 Å². The molecule has 20 heavy (non-hydrogen) atoms. The minimum atomic E-state index is -3.44. The molecule has 0 aliphatic carbocycles. The Balaban J connectivity index is 2.21. The van der Waals surface area contributed by atoms with E-state index in [0.29, 0.717) is 4.88 Å². The highest BCUT2D eigenvalue weighted by Crippen LogP contribution is 2.24. The zero-order chi connectivity index (χ0) is 14.9. The Morgan fingerprint density at radius 1 is 1.25 bits per heavy atom. The van der Waals surface area contributed by atoms with Crippen molar-refractivity contribution in [2.75, 3.05) is 11.0 Å². The van der Waals surface area contributed by atoms with Crippen LogP contribution in [0.1, 0.15) is 10.4 Å². The van der Waals surface area contributed by atoms with Gasteiger partial charge in [-0.1, -0.05) is 6.07 Å². The highest BCUT2D eigenvalue weighted by molar-refractivity contribution is 7.92. The molecular formula is C11H9F3N2O2S2. The Morgan fingerprint density at radius 3 is 2.60 bits per heavy atom. The number of anilines is 1. The third-order valence-corrected chi connectivity index (χ3v) is 3.91. The molecule has 0 atom stereocenters. The third-order valence-electron chi connectivity index (χ3n) is 2.31. The molecule has 2 rings (SSSR count). The second-order valence-corrected chi connectivity index (χ2v) is 6.88. The normalized spacial score (nSPS) is 11.6. The highest BCUT2D eigenvalue weighted by Gasteiger charge is 2.15. The molecule has 0 saturated carbocycles. The molecule has 0 bridgehead atoms. The molecule has 1 N–H and O–H groups in total. The minimum absolute atomic E-state index is 0.00780. The molecule has 1 aromatic carbocycles. The van der Waals surface area contributed by atoms with Crippen molar-refractivity contribution >= 4 is 26.5 Å². The number of hydrogen-bond donors (Lipinski definition) is 1. The number of nitrogens with zero attached hydrogens (tertiary/aromatic N) is 1. The standard InChI is InChI=1S/C11H9F3N2O2S2/c1-20(17,18)16-11-15-5-7(19-11)4-6-2-3-8(12)10(14)9(6)13/h2-3,5H,4H2,1H3,(H,15,16). The molecule has 0 radical (unpaired) electrons. The van der Waals surface area contributed by atoms with Crippen molar-refractivity contribution < 1.29 is 21.6 Å². The van der Waals surface area contributed by atoms with Gasteiger partial charge in [0.2, 0.25) is 10.0 Å². The summed E-state index contributed by atoms with van der Waals surface area (Å²) < 4.78 is 63.5. The molecule has 0 fully saturated rings. The number of rotatable bonds is 4. The van der Waals surface area contributed by atoms with Crippen LogP contribution >= 0.6 is 11.3 Å². The Morgan fingerprint density at radius 2 is 1.95 bits per heavy atom. The van der Waals surface area contributed by atoms with Gasteiger partial charge in [-0.2, -0.15) is 0 Å². The highest BCUT2D eigenvalue weighted by atomic mass is 32.2. The van der Waals surface area contributed by atoms with Crippen molar-refractivity contribution in [1.82, 2.24) is 4.98 Å². The fraction of sp³-hybridized carbons (Fsp3) is 0.182. The summed E-state index contributed by atoms with van der Waals surface area (Å²) in [6, 6.07) is 1.97. The van der Waals surface area contributed by atoms with Crippen molar-refractivity contribution in [2.45, 2.75) is 6.42 Å². The molecule has 2 aromatic rings. The third kappa shape index (κ3) is 3.48. The van der Waals surface area contributed by atoms with E-state index in [1.807, 2.05) is 0 Å². The molecule has 0 unspecified atom stereocenters. The number of benzene rings is 1. The number of thiazole rings is 1. The van der Waals surface area contributed by atoms with Gasteiger partial charge in [0.15, 0.2) is 22.6 Å². The predicted octanol–water partition coefficient (Wildman–Crippen LogP) is 2.52. The molecule has 0 aliphatic rings. The zero-order valence-electron chi connectivity index (χ0n) is 10.2. The van der Waals surface area contributed by atoms with Crippen molar-refractivity contribution in [1.29, 1.82) is 0 Å². The topological polar surface area (TPSA) is 59.1 Å². The monoisotopic (exact) mass is 322 g/mol. The summed E-state index contributed by atoms with van der Waals surface area (Å²) in [5, 5.41) is 0.130. The van der Waals surface area contributed by atoms with Crippen molar-refractivity contribution in [3.05, 3.63) is 46.2 Å². The molecule has 0 saturated heterocycles. The average molecular weight is 322 g/mol. The smallest absolute Gasteiger partial charge is 0.231 e. The van der Waals surface area contributed by atoms with Crippen LogP contribution in [0.4, 0.5) is 18.3 Å². The molecular weight excluding hydrogens is 313 g/mol. The molecule has 108 valence electrons. The maximum Gasteiger partial charge on any atom is 0.231 e. The van der Waals surface area contributed by atoms with Crippen LogP contribution in [0, 0.1) is 17.5 Å². The van der Waals surface area contributed by atoms with E-state index < -0.39 is 27.5 Å². The number of nitrogens with one attached hydrogen (secondary N) is 1. The quantitative estimate of drug-likeness (QED) is 0.880. The van der Waals surface area contributed by atoms with Crippen LogP contribution in [-0.2, 0) is 16.4 Å². The lowest BCUT2D eigenvalue weighted by Gasteiger charge is -2.02. The number of halogens is 3. The van der Waals surface area contributed by atoms with E-state index in [-0.39, 0.29) is 17.1 Å². The first-order chi connectivity index (χ1) is 9.26. The average Bonchev–Trinajstić information content (AvgIpc) is 2.75. The van der Waals surface area contributed by atoms with Crippen LogP contribution in [0.25, 0.3) is 0 Å². The van der Waals surface area contributed by atoms with Crippen molar-refractivity contribution in [2.24, 2.45) is 0 Å². The number of aromatic nitrogens is 1. The number of hydrogen-bond acceptors (Lipinski definition) is 4. The van der Waals surface area contributed by atoms with E-state index in [1.165, 1.54) is 6.20 Å². The van der Waals surface area contributed by atoms with Gasteiger partial charge in [-0.15, -0.1) is 11.3 Å². The van der Waals surface area contributed by atoms with Gasteiger partial charge >= 0.3 is 0 Å². The van der Waals surface area contributed by atoms with E-state index >= 15 is 0 Å². The van der Waals surface area contributed by atoms with E-state index in [9.17, 15) is 21.6 Å². The van der Waals surface area contributed by atoms with Crippen molar-refractivity contribution in [3.8, 4) is 0 Å². The van der Waals surface area contributed by atoms with Gasteiger partial charge in [0.05, 0.1) is 6.26 Å². The van der Waals surface area contributed by atoms with Crippen LogP contribution in [0.3, 0.4) is 0 Å². The first-order valence-electron chi connectivity index (χ1n) is 5.31. The van der Waals surface area contributed by atoms with Gasteiger partial charge in [0, 0.05) is 17.5 Å². The van der Waals surface area contributed by atoms with Crippen LogP contribution in [0.2, 0.25) is 0 Å². The number of sulfonamides is 1. The predicted molar refractivity (Wildman–Crippen MR) is 69.7 cm³/mol. The minimum Gasteiger partial charge on any atom is -0.259 e. The van der Waals surface area contributed by atoms with E-state index in [1.54, 1.807) is 0 Å². The summed E-state index contributed by atoms with van der Waals surface area (Å²) in [5.41, 5.74) is -0.0292. The Kier molecular flexibility index (Phi) is 4.00. The Labute approximate surface area is 117 Å². The van der Waals surface area contributed by atoms with Gasteiger partial charge in [0.25, 0.3) is 0 Å². The van der Waals surface area contributed by atoms with Gasteiger partial charge in [-0.25, -0.2) is 26.6 Å².